The molecular formula is C15H20ClN3O. The zero-order valence-corrected chi connectivity index (χ0v) is 12.4. The fourth-order valence-electron chi connectivity index (χ4n) is 2.26. The van der Waals surface area contributed by atoms with Crippen molar-refractivity contribution in [2.45, 2.75) is 19.4 Å². The molecule has 1 aliphatic heterocycles. The molecule has 0 aliphatic carbocycles. The van der Waals surface area contributed by atoms with E-state index >= 15 is 0 Å². The molecule has 2 rings (SSSR count). The van der Waals surface area contributed by atoms with Gasteiger partial charge in [-0.3, -0.25) is 9.69 Å². The highest BCUT2D eigenvalue weighted by Crippen LogP contribution is 2.20. The summed E-state index contributed by atoms with van der Waals surface area (Å²) in [7, 11) is 0. The highest BCUT2D eigenvalue weighted by atomic mass is 35.5. The third-order valence-corrected chi connectivity index (χ3v) is 3.86. The van der Waals surface area contributed by atoms with Crippen LogP contribution in [-0.2, 0) is 4.79 Å². The fourth-order valence-corrected chi connectivity index (χ4v) is 2.44. The minimum Gasteiger partial charge on any atom is -0.329 e. The van der Waals surface area contributed by atoms with Gasteiger partial charge in [0, 0.05) is 29.8 Å². The molecule has 1 aromatic rings. The van der Waals surface area contributed by atoms with Crippen LogP contribution < -0.4 is 11.1 Å². The van der Waals surface area contributed by atoms with Crippen molar-refractivity contribution in [1.29, 1.82) is 0 Å². The Morgan fingerprint density at radius 3 is 3.05 bits per heavy atom. The van der Waals surface area contributed by atoms with Gasteiger partial charge in [-0.2, -0.15) is 0 Å². The average Bonchev–Trinajstić information content (AvgIpc) is 2.43. The number of hydrogen-bond acceptors (Lipinski definition) is 3. The molecule has 108 valence electrons. The van der Waals surface area contributed by atoms with Crippen molar-refractivity contribution in [3.05, 3.63) is 40.9 Å². The first-order valence-corrected chi connectivity index (χ1v) is 7.14. The Kier molecular flexibility index (Phi) is 5.17. The molecule has 0 aromatic heterocycles. The third-order valence-electron chi connectivity index (χ3n) is 3.45. The second kappa shape index (κ2) is 6.88. The van der Waals surface area contributed by atoms with Crippen LogP contribution in [0.15, 0.2) is 30.4 Å². The van der Waals surface area contributed by atoms with E-state index in [1.165, 1.54) is 0 Å². The van der Waals surface area contributed by atoms with Crippen molar-refractivity contribution in [1.82, 2.24) is 4.90 Å². The summed E-state index contributed by atoms with van der Waals surface area (Å²) in [5.41, 5.74) is 7.44. The monoisotopic (exact) mass is 293 g/mol. The second-order valence-corrected chi connectivity index (χ2v) is 5.41. The summed E-state index contributed by atoms with van der Waals surface area (Å²) in [6, 6.07) is 5.67. The Labute approximate surface area is 124 Å². The van der Waals surface area contributed by atoms with Crippen molar-refractivity contribution in [3.8, 4) is 0 Å². The summed E-state index contributed by atoms with van der Waals surface area (Å²) in [6.07, 6.45) is 5.14. The van der Waals surface area contributed by atoms with Crippen LogP contribution in [0.1, 0.15) is 12.0 Å². The molecule has 1 amide bonds. The van der Waals surface area contributed by atoms with E-state index in [0.717, 1.165) is 24.2 Å². The van der Waals surface area contributed by atoms with E-state index in [-0.39, 0.29) is 11.9 Å². The lowest BCUT2D eigenvalue weighted by Crippen LogP contribution is -2.45. The molecule has 1 heterocycles. The SMILES string of the molecule is Cc1ccc(NC(=O)CN2CCC=CC2CN)cc1Cl. The quantitative estimate of drug-likeness (QED) is 0.837. The van der Waals surface area contributed by atoms with Gasteiger partial charge in [0.1, 0.15) is 0 Å². The van der Waals surface area contributed by atoms with Gasteiger partial charge in [0.15, 0.2) is 0 Å². The highest BCUT2D eigenvalue weighted by Gasteiger charge is 2.19. The van der Waals surface area contributed by atoms with Crippen LogP contribution in [0, 0.1) is 6.92 Å². The third kappa shape index (κ3) is 3.82. The van der Waals surface area contributed by atoms with Crippen LogP contribution in [0.4, 0.5) is 5.69 Å². The molecular weight excluding hydrogens is 274 g/mol. The molecule has 0 saturated carbocycles. The lowest BCUT2D eigenvalue weighted by Gasteiger charge is -2.30. The molecule has 3 N–H and O–H groups in total. The van der Waals surface area contributed by atoms with Crippen molar-refractivity contribution < 1.29 is 4.79 Å². The first-order valence-electron chi connectivity index (χ1n) is 6.77. The van der Waals surface area contributed by atoms with Gasteiger partial charge in [-0.15, -0.1) is 0 Å². The highest BCUT2D eigenvalue weighted by molar-refractivity contribution is 6.31. The van der Waals surface area contributed by atoms with Crippen molar-refractivity contribution in [3.63, 3.8) is 0 Å². The number of nitrogens with one attached hydrogen (secondary N) is 1. The number of anilines is 1. The number of amides is 1. The van der Waals surface area contributed by atoms with Gasteiger partial charge in [-0.05, 0) is 31.0 Å². The molecule has 1 aromatic carbocycles. The fraction of sp³-hybridized carbons (Fsp3) is 0.400. The standard InChI is InChI=1S/C15H20ClN3O/c1-11-5-6-12(8-14(11)16)18-15(20)10-19-7-3-2-4-13(19)9-17/h2,4-6,8,13H,3,7,9-10,17H2,1H3,(H,18,20). The molecule has 5 heteroatoms. The van der Waals surface area contributed by atoms with E-state index in [1.807, 2.05) is 19.1 Å². The molecule has 0 spiro atoms. The maximum absolute atomic E-state index is 12.1. The minimum atomic E-state index is -0.0429. The number of carbonyl (C=O) groups is 1. The van der Waals surface area contributed by atoms with Crippen LogP contribution in [0.5, 0.6) is 0 Å². The lowest BCUT2D eigenvalue weighted by molar-refractivity contribution is -0.117. The van der Waals surface area contributed by atoms with Gasteiger partial charge < -0.3 is 11.1 Å². The van der Waals surface area contributed by atoms with Crippen LogP contribution in [0.25, 0.3) is 0 Å². The number of nitrogens with zero attached hydrogens (tertiary/aromatic N) is 1. The molecule has 0 saturated heterocycles. The number of rotatable bonds is 4. The summed E-state index contributed by atoms with van der Waals surface area (Å²) >= 11 is 6.05. The summed E-state index contributed by atoms with van der Waals surface area (Å²) < 4.78 is 0. The number of nitrogens with two attached hydrogens (primary N) is 1. The van der Waals surface area contributed by atoms with Gasteiger partial charge in [0.25, 0.3) is 0 Å². The van der Waals surface area contributed by atoms with E-state index in [9.17, 15) is 4.79 Å². The van der Waals surface area contributed by atoms with Crippen LogP contribution in [-0.4, -0.2) is 36.5 Å². The molecule has 0 bridgehead atoms. The first-order chi connectivity index (χ1) is 9.60. The maximum atomic E-state index is 12.1. The molecule has 0 radical (unpaired) electrons. The number of hydrogen-bond donors (Lipinski definition) is 2. The van der Waals surface area contributed by atoms with Gasteiger partial charge in [0.05, 0.1) is 6.54 Å². The van der Waals surface area contributed by atoms with Crippen molar-refractivity contribution in [2.24, 2.45) is 5.73 Å². The van der Waals surface area contributed by atoms with Crippen LogP contribution in [0.3, 0.4) is 0 Å². The zero-order chi connectivity index (χ0) is 14.5. The van der Waals surface area contributed by atoms with E-state index in [0.29, 0.717) is 18.1 Å². The van der Waals surface area contributed by atoms with E-state index in [1.54, 1.807) is 6.07 Å². The van der Waals surface area contributed by atoms with Gasteiger partial charge in [-0.1, -0.05) is 29.8 Å². The number of carbonyl (C=O) groups excluding carboxylic acids is 1. The summed E-state index contributed by atoms with van der Waals surface area (Å²) in [5, 5.41) is 3.53. The summed E-state index contributed by atoms with van der Waals surface area (Å²) in [6.45, 7) is 3.66. The number of aryl methyl sites for hydroxylation is 1. The van der Waals surface area contributed by atoms with E-state index < -0.39 is 0 Å². The molecule has 4 nitrogen and oxygen atoms in total. The Hall–Kier alpha value is -1.36. The number of benzene rings is 1. The Morgan fingerprint density at radius 1 is 1.55 bits per heavy atom. The minimum absolute atomic E-state index is 0.0429. The summed E-state index contributed by atoms with van der Waals surface area (Å²) in [5.74, 6) is -0.0429. The van der Waals surface area contributed by atoms with Crippen molar-refractivity contribution >= 4 is 23.2 Å². The van der Waals surface area contributed by atoms with Gasteiger partial charge in [0.2, 0.25) is 5.91 Å². The van der Waals surface area contributed by atoms with Gasteiger partial charge >= 0.3 is 0 Å². The molecule has 20 heavy (non-hydrogen) atoms. The predicted octanol–water partition coefficient (Wildman–Crippen LogP) is 2.18. The molecule has 0 fully saturated rings. The molecule has 1 aliphatic rings. The first kappa shape index (κ1) is 15.0. The Balaban J connectivity index is 1.95. The zero-order valence-electron chi connectivity index (χ0n) is 11.6. The van der Waals surface area contributed by atoms with Crippen LogP contribution in [0.2, 0.25) is 5.02 Å². The largest absolute Gasteiger partial charge is 0.329 e. The molecule has 1 unspecified atom stereocenters. The smallest absolute Gasteiger partial charge is 0.238 e. The average molecular weight is 294 g/mol. The second-order valence-electron chi connectivity index (χ2n) is 5.00. The number of halogens is 1. The Morgan fingerprint density at radius 2 is 2.35 bits per heavy atom. The Bertz CT molecular complexity index is 516. The van der Waals surface area contributed by atoms with E-state index in [4.69, 9.17) is 17.3 Å². The maximum Gasteiger partial charge on any atom is 0.238 e. The topological polar surface area (TPSA) is 58.4 Å². The predicted molar refractivity (Wildman–Crippen MR) is 83.0 cm³/mol. The van der Waals surface area contributed by atoms with Crippen LogP contribution >= 0.6 is 11.6 Å². The van der Waals surface area contributed by atoms with Crippen molar-refractivity contribution in [2.75, 3.05) is 25.0 Å². The normalized spacial score (nSPS) is 19.1. The van der Waals surface area contributed by atoms with Gasteiger partial charge in [-0.25, -0.2) is 0 Å². The molecule has 1 atom stereocenters. The van der Waals surface area contributed by atoms with E-state index in [2.05, 4.69) is 22.4 Å². The lowest BCUT2D eigenvalue weighted by atomic mass is 10.1. The summed E-state index contributed by atoms with van der Waals surface area (Å²) in [4.78, 5) is 14.2.